The minimum atomic E-state index is -3.44. The van der Waals surface area contributed by atoms with Crippen molar-refractivity contribution in [1.82, 2.24) is 19.8 Å². The third-order valence-electron chi connectivity index (χ3n) is 4.41. The number of carbonyl (C=O) groups is 1. The number of thiophene rings is 1. The second-order valence-electron chi connectivity index (χ2n) is 6.60. The van der Waals surface area contributed by atoms with Gasteiger partial charge in [-0.25, -0.2) is 17.5 Å². The minimum absolute atomic E-state index is 0.244. The highest BCUT2D eigenvalue weighted by Crippen LogP contribution is 2.35. The van der Waals surface area contributed by atoms with E-state index in [0.717, 1.165) is 34.1 Å². The maximum absolute atomic E-state index is 12.1. The molecule has 2 aromatic rings. The van der Waals surface area contributed by atoms with Gasteiger partial charge in [-0.3, -0.25) is 5.32 Å². The van der Waals surface area contributed by atoms with Gasteiger partial charge in [0.25, 0.3) is 10.0 Å². The Kier molecular flexibility index (Phi) is 6.45. The molecule has 1 aliphatic carbocycles. The highest BCUT2D eigenvalue weighted by atomic mass is 32.2. The van der Waals surface area contributed by atoms with E-state index >= 15 is 0 Å². The number of sulfonamides is 1. The Balaban J connectivity index is 1.52. The van der Waals surface area contributed by atoms with Crippen LogP contribution in [0.1, 0.15) is 47.9 Å². The van der Waals surface area contributed by atoms with E-state index in [4.69, 9.17) is 0 Å². The van der Waals surface area contributed by atoms with Gasteiger partial charge < -0.3 is 5.32 Å². The molecule has 1 saturated carbocycles. The number of anilines is 1. The molecule has 2 heterocycles. The normalized spacial score (nSPS) is 15.8. The van der Waals surface area contributed by atoms with Gasteiger partial charge in [0.05, 0.1) is 6.54 Å². The Hall–Kier alpha value is -1.56. The van der Waals surface area contributed by atoms with E-state index in [9.17, 15) is 13.2 Å². The van der Waals surface area contributed by atoms with Crippen LogP contribution in [0.2, 0.25) is 0 Å². The monoisotopic (exact) mass is 429 g/mol. The molecule has 0 saturated heterocycles. The molecular weight excluding hydrogens is 406 g/mol. The minimum Gasteiger partial charge on any atom is -0.333 e. The molecule has 0 aromatic carbocycles. The van der Waals surface area contributed by atoms with Gasteiger partial charge in [-0.2, -0.15) is 0 Å². The number of nitrogens with zero attached hydrogens (tertiary/aromatic N) is 3. The molecule has 2 amide bonds. The highest BCUT2D eigenvalue weighted by Gasteiger charge is 2.21. The number of hydrogen-bond donors (Lipinski definition) is 2. The number of hydrogen-bond acceptors (Lipinski definition) is 7. The van der Waals surface area contributed by atoms with Gasteiger partial charge in [0.15, 0.2) is 0 Å². The van der Waals surface area contributed by atoms with Crippen molar-refractivity contribution in [3.63, 3.8) is 0 Å². The zero-order chi connectivity index (χ0) is 19.4. The van der Waals surface area contributed by atoms with Crippen molar-refractivity contribution in [2.45, 2.75) is 48.8 Å². The Bertz CT molecular complexity index is 885. The smallest absolute Gasteiger partial charge is 0.321 e. The molecule has 27 heavy (non-hydrogen) atoms. The summed E-state index contributed by atoms with van der Waals surface area (Å²) in [5, 5.41) is 15.2. The van der Waals surface area contributed by atoms with Crippen LogP contribution in [-0.2, 0) is 16.6 Å². The lowest BCUT2D eigenvalue weighted by Crippen LogP contribution is -2.27. The van der Waals surface area contributed by atoms with Gasteiger partial charge in [-0.15, -0.1) is 21.5 Å². The molecule has 8 nitrogen and oxygen atoms in total. The van der Waals surface area contributed by atoms with Gasteiger partial charge >= 0.3 is 6.03 Å². The second-order valence-corrected chi connectivity index (χ2v) is 11.2. The molecule has 0 radical (unpaired) electrons. The van der Waals surface area contributed by atoms with Crippen LogP contribution in [0.15, 0.2) is 16.3 Å². The maximum Gasteiger partial charge on any atom is 0.321 e. The molecule has 0 unspecified atom stereocenters. The van der Waals surface area contributed by atoms with Gasteiger partial charge in [0.2, 0.25) is 5.13 Å². The summed E-state index contributed by atoms with van der Waals surface area (Å²) >= 11 is 2.57. The van der Waals surface area contributed by atoms with Crippen molar-refractivity contribution in [1.29, 1.82) is 0 Å². The first kappa shape index (κ1) is 20.2. The number of amides is 2. The van der Waals surface area contributed by atoms with Gasteiger partial charge in [-0.05, 0) is 25.0 Å². The van der Waals surface area contributed by atoms with Gasteiger partial charge in [-0.1, -0.05) is 30.6 Å². The van der Waals surface area contributed by atoms with E-state index in [1.807, 2.05) is 0 Å². The molecule has 0 aliphatic heterocycles. The van der Waals surface area contributed by atoms with E-state index < -0.39 is 10.0 Å². The molecule has 3 rings (SSSR count). The fourth-order valence-electron chi connectivity index (χ4n) is 2.88. The van der Waals surface area contributed by atoms with Crippen molar-refractivity contribution in [2.24, 2.45) is 0 Å². The molecular formula is C16H23N5O3S3. The second kappa shape index (κ2) is 8.63. The Morgan fingerprint density at radius 3 is 2.63 bits per heavy atom. The first-order chi connectivity index (χ1) is 12.9. The number of nitrogens with one attached hydrogen (secondary N) is 2. The van der Waals surface area contributed by atoms with Crippen LogP contribution < -0.4 is 10.6 Å². The first-order valence-corrected chi connectivity index (χ1v) is 11.8. The summed E-state index contributed by atoms with van der Waals surface area (Å²) in [5.74, 6) is 0.457. The molecule has 2 aromatic heterocycles. The van der Waals surface area contributed by atoms with E-state index in [1.165, 1.54) is 49.0 Å². The zero-order valence-electron chi connectivity index (χ0n) is 15.3. The summed E-state index contributed by atoms with van der Waals surface area (Å²) in [7, 11) is -0.464. The van der Waals surface area contributed by atoms with Crippen LogP contribution >= 0.6 is 22.7 Å². The molecule has 11 heteroatoms. The third kappa shape index (κ3) is 5.03. The summed E-state index contributed by atoms with van der Waals surface area (Å²) in [6.07, 6.45) is 6.00. The van der Waals surface area contributed by atoms with Gasteiger partial charge in [0, 0.05) is 24.9 Å². The lowest BCUT2D eigenvalue weighted by Gasteiger charge is -2.18. The predicted octanol–water partition coefficient (Wildman–Crippen LogP) is 3.22. The Morgan fingerprint density at radius 1 is 1.19 bits per heavy atom. The SMILES string of the molecule is CN(C)S(=O)(=O)c1ccc(CNC(=O)Nc2nnc(C3CCCCC3)s2)s1. The standard InChI is InChI=1S/C16H23N5O3S3/c1-21(2)27(23,24)13-9-8-12(25-13)10-17-15(22)18-16-20-19-14(26-16)11-6-4-3-5-7-11/h8-9,11H,3-7,10H2,1-2H3,(H2,17,18,20,22). The third-order valence-corrected chi connectivity index (χ3v) is 8.78. The van der Waals surface area contributed by atoms with Gasteiger partial charge in [0.1, 0.15) is 9.22 Å². The first-order valence-electron chi connectivity index (χ1n) is 8.76. The van der Waals surface area contributed by atoms with E-state index in [1.54, 1.807) is 12.1 Å². The van der Waals surface area contributed by atoms with Crippen molar-refractivity contribution in [2.75, 3.05) is 19.4 Å². The summed E-state index contributed by atoms with van der Waals surface area (Å²) in [5.41, 5.74) is 0. The average molecular weight is 430 g/mol. The predicted molar refractivity (Wildman–Crippen MR) is 107 cm³/mol. The number of urea groups is 1. The van der Waals surface area contributed by atoms with Crippen molar-refractivity contribution in [3.8, 4) is 0 Å². The maximum atomic E-state index is 12.1. The zero-order valence-corrected chi connectivity index (χ0v) is 17.7. The molecule has 0 spiro atoms. The number of carbonyl (C=O) groups excluding carboxylic acids is 1. The highest BCUT2D eigenvalue weighted by molar-refractivity contribution is 7.91. The van der Waals surface area contributed by atoms with E-state index in [0.29, 0.717) is 11.0 Å². The molecule has 2 N–H and O–H groups in total. The van der Waals surface area contributed by atoms with Crippen molar-refractivity contribution < 1.29 is 13.2 Å². The number of rotatable bonds is 6. The largest absolute Gasteiger partial charge is 0.333 e. The molecule has 0 atom stereocenters. The quantitative estimate of drug-likeness (QED) is 0.734. The fourth-order valence-corrected chi connectivity index (χ4v) is 6.25. The topological polar surface area (TPSA) is 104 Å². The lowest BCUT2D eigenvalue weighted by molar-refractivity contribution is 0.252. The number of aromatic nitrogens is 2. The van der Waals surface area contributed by atoms with Crippen LogP contribution in [0.3, 0.4) is 0 Å². The molecule has 148 valence electrons. The van der Waals surface area contributed by atoms with Crippen LogP contribution in [0.4, 0.5) is 9.93 Å². The molecule has 0 bridgehead atoms. The molecule has 1 fully saturated rings. The summed E-state index contributed by atoms with van der Waals surface area (Å²) < 4.78 is 25.6. The Labute approximate surface area is 167 Å². The van der Waals surface area contributed by atoms with Crippen LogP contribution in [0.25, 0.3) is 0 Å². The van der Waals surface area contributed by atoms with E-state index in [-0.39, 0.29) is 16.8 Å². The van der Waals surface area contributed by atoms with Crippen LogP contribution in [0, 0.1) is 0 Å². The van der Waals surface area contributed by atoms with Crippen molar-refractivity contribution >= 4 is 43.9 Å². The Morgan fingerprint density at radius 2 is 1.93 bits per heavy atom. The fraction of sp³-hybridized carbons (Fsp3) is 0.562. The van der Waals surface area contributed by atoms with Crippen LogP contribution in [0.5, 0.6) is 0 Å². The van der Waals surface area contributed by atoms with Crippen LogP contribution in [-0.4, -0.2) is 43.0 Å². The summed E-state index contributed by atoms with van der Waals surface area (Å²) in [6.45, 7) is 0.244. The van der Waals surface area contributed by atoms with E-state index in [2.05, 4.69) is 20.8 Å². The summed E-state index contributed by atoms with van der Waals surface area (Å²) in [4.78, 5) is 12.8. The summed E-state index contributed by atoms with van der Waals surface area (Å²) in [6, 6.07) is 2.87. The van der Waals surface area contributed by atoms with Crippen molar-refractivity contribution in [3.05, 3.63) is 22.0 Å². The molecule has 1 aliphatic rings. The lowest BCUT2D eigenvalue weighted by atomic mass is 9.90. The average Bonchev–Trinajstić information content (AvgIpc) is 3.30.